The molecule has 0 bridgehead atoms. The van der Waals surface area contributed by atoms with Crippen LogP contribution < -0.4 is 5.32 Å². The van der Waals surface area contributed by atoms with Crippen LogP contribution in [0.15, 0.2) is 16.8 Å². The molecule has 1 N–H and O–H groups in total. The summed E-state index contributed by atoms with van der Waals surface area (Å²) in [7, 11) is 0. The number of nitrogens with one attached hydrogen (secondary N) is 1. The van der Waals surface area contributed by atoms with Gasteiger partial charge in [0, 0.05) is 24.4 Å². The van der Waals surface area contributed by atoms with Crippen LogP contribution in [0.25, 0.3) is 0 Å². The van der Waals surface area contributed by atoms with Crippen molar-refractivity contribution in [3.63, 3.8) is 0 Å². The summed E-state index contributed by atoms with van der Waals surface area (Å²) in [6.07, 6.45) is 8.57. The van der Waals surface area contributed by atoms with E-state index in [-0.39, 0.29) is 11.3 Å². The molecule has 0 saturated heterocycles. The fourth-order valence-corrected chi connectivity index (χ4v) is 1.98. The van der Waals surface area contributed by atoms with Crippen molar-refractivity contribution in [1.82, 2.24) is 5.32 Å². The third-order valence-corrected chi connectivity index (χ3v) is 3.30. The first-order chi connectivity index (χ1) is 8.45. The molecule has 0 radical (unpaired) electrons. The van der Waals surface area contributed by atoms with Gasteiger partial charge in [0.1, 0.15) is 0 Å². The molecule has 0 spiro atoms. The van der Waals surface area contributed by atoms with Crippen molar-refractivity contribution in [2.24, 2.45) is 16.3 Å². The summed E-state index contributed by atoms with van der Waals surface area (Å²) in [6.45, 7) is 8.66. The second-order valence-corrected chi connectivity index (χ2v) is 6.04. The number of carbonyl (C=O) groups excluding carboxylic acids is 1. The van der Waals surface area contributed by atoms with Crippen molar-refractivity contribution >= 4 is 12.1 Å². The largest absolute Gasteiger partial charge is 0.352 e. The first-order valence-electron chi connectivity index (χ1n) is 6.94. The van der Waals surface area contributed by atoms with E-state index in [1.165, 1.54) is 24.8 Å². The van der Waals surface area contributed by atoms with Gasteiger partial charge in [0.25, 0.3) is 0 Å². The Kier molecular flexibility index (Phi) is 5.57. The topological polar surface area (TPSA) is 41.5 Å². The number of amides is 1. The predicted octanol–water partition coefficient (Wildman–Crippen LogP) is 3.31. The van der Waals surface area contributed by atoms with Crippen molar-refractivity contribution in [1.29, 1.82) is 0 Å². The van der Waals surface area contributed by atoms with Gasteiger partial charge in [-0.25, -0.2) is 0 Å². The first kappa shape index (κ1) is 14.9. The van der Waals surface area contributed by atoms with Crippen LogP contribution >= 0.6 is 0 Å². The molecule has 1 heterocycles. The Hall–Kier alpha value is -1.12. The van der Waals surface area contributed by atoms with Gasteiger partial charge in [-0.15, -0.1) is 0 Å². The summed E-state index contributed by atoms with van der Waals surface area (Å²) in [6, 6.07) is 0. The number of hydrogen-bond donors (Lipinski definition) is 1. The highest BCUT2D eigenvalue weighted by Crippen LogP contribution is 2.24. The van der Waals surface area contributed by atoms with Crippen LogP contribution in [0.3, 0.4) is 0 Å². The highest BCUT2D eigenvalue weighted by Gasteiger charge is 2.22. The normalized spacial score (nSPS) is 19.6. The molecule has 0 aromatic rings. The molecule has 1 aliphatic heterocycles. The van der Waals surface area contributed by atoms with Gasteiger partial charge in [-0.2, -0.15) is 0 Å². The molecule has 3 nitrogen and oxygen atoms in total. The lowest BCUT2D eigenvalue weighted by atomic mass is 9.89. The number of nitrogens with zero attached hydrogens (tertiary/aromatic N) is 1. The monoisotopic (exact) mass is 250 g/mol. The molecular weight excluding hydrogens is 224 g/mol. The van der Waals surface area contributed by atoms with Crippen molar-refractivity contribution < 1.29 is 4.79 Å². The third-order valence-electron chi connectivity index (χ3n) is 3.30. The molecule has 1 amide bonds. The van der Waals surface area contributed by atoms with E-state index < -0.39 is 0 Å². The number of unbranched alkanes of at least 4 members (excludes halogenated alkanes) is 1. The molecule has 0 aliphatic carbocycles. The van der Waals surface area contributed by atoms with Gasteiger partial charge in [0.2, 0.25) is 5.91 Å². The van der Waals surface area contributed by atoms with E-state index in [0.29, 0.717) is 12.5 Å². The van der Waals surface area contributed by atoms with Crippen molar-refractivity contribution in [3.8, 4) is 0 Å². The molecule has 0 fully saturated rings. The van der Waals surface area contributed by atoms with Crippen LogP contribution in [-0.4, -0.2) is 18.7 Å². The fourth-order valence-electron chi connectivity index (χ4n) is 1.98. The molecule has 0 aromatic heterocycles. The zero-order valence-corrected chi connectivity index (χ0v) is 12.1. The van der Waals surface area contributed by atoms with Crippen LogP contribution in [0, 0.1) is 11.3 Å². The lowest BCUT2D eigenvalue weighted by Crippen LogP contribution is -2.37. The average molecular weight is 250 g/mol. The zero-order chi connectivity index (χ0) is 13.6. The average Bonchev–Trinajstić information content (AvgIpc) is 2.33. The highest BCUT2D eigenvalue weighted by molar-refractivity contribution is 5.81. The predicted molar refractivity (Wildman–Crippen MR) is 76.7 cm³/mol. The summed E-state index contributed by atoms with van der Waals surface area (Å²) in [5.41, 5.74) is 0.945. The number of carbonyl (C=O) groups is 1. The van der Waals surface area contributed by atoms with E-state index in [1.807, 2.05) is 33.2 Å². The highest BCUT2D eigenvalue weighted by atomic mass is 16.2. The molecule has 1 aliphatic rings. The van der Waals surface area contributed by atoms with E-state index in [1.54, 1.807) is 0 Å². The van der Waals surface area contributed by atoms with Gasteiger partial charge >= 0.3 is 0 Å². The van der Waals surface area contributed by atoms with E-state index in [4.69, 9.17) is 0 Å². The maximum Gasteiger partial charge on any atom is 0.225 e. The van der Waals surface area contributed by atoms with Gasteiger partial charge in [-0.05, 0) is 24.3 Å². The Balaban J connectivity index is 2.50. The Labute approximate surface area is 111 Å². The Morgan fingerprint density at radius 1 is 1.50 bits per heavy atom. The molecular formula is C15H26N2O. The molecule has 102 valence electrons. The van der Waals surface area contributed by atoms with Gasteiger partial charge < -0.3 is 5.32 Å². The standard InChI is InChI=1S/C15H26N2O/c1-5-6-7-12-8-9-16-10-13(12)11-17-14(18)15(2,3)4/h9-10,12H,5-8,11H2,1-4H3,(H,17,18). The summed E-state index contributed by atoms with van der Waals surface area (Å²) in [4.78, 5) is 16.1. The minimum Gasteiger partial charge on any atom is -0.352 e. The minimum atomic E-state index is -0.322. The Morgan fingerprint density at radius 3 is 2.83 bits per heavy atom. The SMILES string of the molecule is CCCCC1CC=NC=C1CNC(=O)C(C)(C)C. The second-order valence-electron chi connectivity index (χ2n) is 6.04. The number of aliphatic imine (C=N–C) groups is 1. The van der Waals surface area contributed by atoms with E-state index in [0.717, 1.165) is 6.42 Å². The summed E-state index contributed by atoms with van der Waals surface area (Å²) >= 11 is 0. The Bertz CT molecular complexity index is 337. The fraction of sp³-hybridized carbons (Fsp3) is 0.733. The van der Waals surface area contributed by atoms with Crippen LogP contribution in [0.1, 0.15) is 53.4 Å². The van der Waals surface area contributed by atoms with E-state index in [9.17, 15) is 4.79 Å². The lowest BCUT2D eigenvalue weighted by Gasteiger charge is -2.23. The molecule has 1 atom stereocenters. The quantitative estimate of drug-likeness (QED) is 0.799. The summed E-state index contributed by atoms with van der Waals surface area (Å²) < 4.78 is 0. The number of rotatable bonds is 5. The summed E-state index contributed by atoms with van der Waals surface area (Å²) in [5, 5.41) is 3.02. The molecule has 1 rings (SSSR count). The maximum absolute atomic E-state index is 11.9. The minimum absolute atomic E-state index is 0.104. The molecule has 1 unspecified atom stereocenters. The maximum atomic E-state index is 11.9. The lowest BCUT2D eigenvalue weighted by molar-refractivity contribution is -0.128. The van der Waals surface area contributed by atoms with Crippen molar-refractivity contribution in [2.75, 3.05) is 6.54 Å². The van der Waals surface area contributed by atoms with Gasteiger partial charge in [-0.3, -0.25) is 9.79 Å². The van der Waals surface area contributed by atoms with Crippen LogP contribution in [0.4, 0.5) is 0 Å². The van der Waals surface area contributed by atoms with Gasteiger partial charge in [0.15, 0.2) is 0 Å². The Morgan fingerprint density at radius 2 is 2.22 bits per heavy atom. The summed E-state index contributed by atoms with van der Waals surface area (Å²) in [5.74, 6) is 0.662. The number of hydrogen-bond acceptors (Lipinski definition) is 2. The van der Waals surface area contributed by atoms with Crippen LogP contribution in [-0.2, 0) is 4.79 Å². The smallest absolute Gasteiger partial charge is 0.225 e. The molecule has 18 heavy (non-hydrogen) atoms. The van der Waals surface area contributed by atoms with Gasteiger partial charge in [0.05, 0.1) is 0 Å². The first-order valence-corrected chi connectivity index (χ1v) is 6.94. The molecule has 0 saturated carbocycles. The van der Waals surface area contributed by atoms with E-state index >= 15 is 0 Å². The van der Waals surface area contributed by atoms with E-state index in [2.05, 4.69) is 17.2 Å². The van der Waals surface area contributed by atoms with Crippen molar-refractivity contribution in [3.05, 3.63) is 11.8 Å². The molecule has 0 aromatic carbocycles. The molecule has 3 heteroatoms. The third kappa shape index (κ3) is 4.63. The van der Waals surface area contributed by atoms with Gasteiger partial charge in [-0.1, -0.05) is 40.5 Å². The zero-order valence-electron chi connectivity index (χ0n) is 12.1. The van der Waals surface area contributed by atoms with Crippen molar-refractivity contribution in [2.45, 2.75) is 53.4 Å². The van der Waals surface area contributed by atoms with Crippen LogP contribution in [0.2, 0.25) is 0 Å². The van der Waals surface area contributed by atoms with Crippen LogP contribution in [0.5, 0.6) is 0 Å². The second kappa shape index (κ2) is 6.72.